The Morgan fingerprint density at radius 3 is 2.87 bits per heavy atom. The number of aromatic nitrogens is 2. The molecular weight excluding hydrogens is 392 g/mol. The predicted molar refractivity (Wildman–Crippen MR) is 109 cm³/mol. The van der Waals surface area contributed by atoms with E-state index >= 15 is 0 Å². The molecule has 1 aliphatic rings. The molecule has 2 heterocycles. The molecule has 1 aromatic rings. The molecule has 0 saturated carbocycles. The van der Waals surface area contributed by atoms with Crippen LogP contribution in [-0.2, 0) is 20.7 Å². The van der Waals surface area contributed by atoms with Crippen molar-refractivity contribution in [3.05, 3.63) is 35.1 Å². The van der Waals surface area contributed by atoms with Gasteiger partial charge in [-0.3, -0.25) is 9.59 Å². The Kier molecular flexibility index (Phi) is 9.16. The van der Waals surface area contributed by atoms with E-state index in [1.807, 2.05) is 0 Å². The molecule has 30 heavy (non-hydrogen) atoms. The molecule has 11 nitrogen and oxygen atoms in total. The van der Waals surface area contributed by atoms with Crippen molar-refractivity contribution in [1.29, 1.82) is 0 Å². The van der Waals surface area contributed by atoms with E-state index in [9.17, 15) is 9.59 Å². The van der Waals surface area contributed by atoms with Crippen LogP contribution in [0, 0.1) is 0 Å². The fourth-order valence-electron chi connectivity index (χ4n) is 2.91. The fraction of sp³-hybridized carbons (Fsp3) is 0.526. The van der Waals surface area contributed by atoms with Crippen molar-refractivity contribution < 1.29 is 24.2 Å². The molecule has 1 saturated heterocycles. The first-order valence-corrected chi connectivity index (χ1v) is 9.60. The molecule has 0 aromatic carbocycles. The Morgan fingerprint density at radius 2 is 2.23 bits per heavy atom. The number of ether oxygens (including phenoxy) is 2. The van der Waals surface area contributed by atoms with E-state index in [-0.39, 0.29) is 30.1 Å². The van der Waals surface area contributed by atoms with Gasteiger partial charge in [0.15, 0.2) is 5.69 Å². The van der Waals surface area contributed by atoms with Gasteiger partial charge in [-0.05, 0) is 37.4 Å². The molecule has 164 valence electrons. The Labute approximate surface area is 175 Å². The lowest BCUT2D eigenvalue weighted by atomic mass is 10.1. The van der Waals surface area contributed by atoms with Crippen LogP contribution in [0.1, 0.15) is 34.6 Å². The first kappa shape index (κ1) is 23.2. The van der Waals surface area contributed by atoms with Gasteiger partial charge in [0.25, 0.3) is 5.91 Å². The zero-order valence-electron chi connectivity index (χ0n) is 17.2. The maximum atomic E-state index is 12.8. The number of amides is 1. The Hall–Kier alpha value is -3.05. The number of likely N-dealkylation sites (tertiary alicyclic amines) is 1. The third kappa shape index (κ3) is 6.78. The van der Waals surface area contributed by atoms with Gasteiger partial charge >= 0.3 is 5.97 Å². The second-order valence-corrected chi connectivity index (χ2v) is 6.65. The summed E-state index contributed by atoms with van der Waals surface area (Å²) in [5, 5.41) is 19.5. The molecule has 0 bridgehead atoms. The summed E-state index contributed by atoms with van der Waals surface area (Å²) in [5.74, 6) is -1.02. The largest absolute Gasteiger partial charge is 0.480 e. The van der Waals surface area contributed by atoms with Crippen LogP contribution in [0.3, 0.4) is 0 Å². The van der Waals surface area contributed by atoms with Gasteiger partial charge in [-0.1, -0.05) is 0 Å². The molecule has 0 radical (unpaired) electrons. The minimum atomic E-state index is -1.00. The molecule has 1 atom stereocenters. The minimum Gasteiger partial charge on any atom is -0.480 e. The van der Waals surface area contributed by atoms with E-state index in [0.717, 1.165) is 12.0 Å². The SMILES string of the molecule is COC(=CNCC(=O)O)N=Cc1nnc(C(=O)N2CCC(OC)C2)cc1CCCN. The highest BCUT2D eigenvalue weighted by atomic mass is 16.5. The molecule has 1 aromatic heterocycles. The first-order valence-electron chi connectivity index (χ1n) is 9.60. The predicted octanol–water partition coefficient (Wildman–Crippen LogP) is -0.233. The number of nitrogens with zero attached hydrogens (tertiary/aromatic N) is 4. The van der Waals surface area contributed by atoms with Crippen molar-refractivity contribution in [3.8, 4) is 0 Å². The number of aliphatic carboxylic acids is 1. The summed E-state index contributed by atoms with van der Waals surface area (Å²) in [7, 11) is 3.05. The maximum Gasteiger partial charge on any atom is 0.322 e. The Bertz CT molecular complexity index is 798. The number of nitrogens with two attached hydrogens (primary N) is 1. The van der Waals surface area contributed by atoms with Crippen LogP contribution in [0.25, 0.3) is 0 Å². The molecule has 1 unspecified atom stereocenters. The normalized spacial score (nSPS) is 16.8. The van der Waals surface area contributed by atoms with Crippen molar-refractivity contribution in [2.45, 2.75) is 25.4 Å². The Balaban J connectivity index is 2.18. The number of aryl methyl sites for hydroxylation is 1. The average Bonchev–Trinajstić information content (AvgIpc) is 3.23. The molecule has 4 N–H and O–H groups in total. The van der Waals surface area contributed by atoms with Gasteiger partial charge in [0.05, 0.1) is 25.6 Å². The van der Waals surface area contributed by atoms with Crippen LogP contribution in [0.2, 0.25) is 0 Å². The smallest absolute Gasteiger partial charge is 0.322 e. The summed E-state index contributed by atoms with van der Waals surface area (Å²) in [6, 6.07) is 1.71. The number of nitrogens with one attached hydrogen (secondary N) is 1. The highest BCUT2D eigenvalue weighted by molar-refractivity contribution is 5.93. The third-order valence-corrected chi connectivity index (χ3v) is 4.54. The van der Waals surface area contributed by atoms with Crippen LogP contribution >= 0.6 is 0 Å². The van der Waals surface area contributed by atoms with Gasteiger partial charge < -0.3 is 30.5 Å². The van der Waals surface area contributed by atoms with Crippen LogP contribution in [0.4, 0.5) is 0 Å². The third-order valence-electron chi connectivity index (χ3n) is 4.54. The molecule has 1 aliphatic heterocycles. The summed E-state index contributed by atoms with van der Waals surface area (Å²) in [6.07, 6.45) is 4.96. The quantitative estimate of drug-likeness (QED) is 0.325. The number of rotatable bonds is 11. The van der Waals surface area contributed by atoms with Crippen molar-refractivity contribution in [3.63, 3.8) is 0 Å². The van der Waals surface area contributed by atoms with Crippen LogP contribution < -0.4 is 11.1 Å². The number of hydrogen-bond acceptors (Lipinski definition) is 9. The van der Waals surface area contributed by atoms with Crippen molar-refractivity contribution in [2.24, 2.45) is 10.7 Å². The summed E-state index contributed by atoms with van der Waals surface area (Å²) < 4.78 is 10.4. The van der Waals surface area contributed by atoms with Crippen molar-refractivity contribution in [2.75, 3.05) is 40.4 Å². The van der Waals surface area contributed by atoms with Crippen LogP contribution in [0.15, 0.2) is 23.1 Å². The van der Waals surface area contributed by atoms with Crippen molar-refractivity contribution in [1.82, 2.24) is 20.4 Å². The molecule has 2 rings (SSSR count). The second kappa shape index (κ2) is 11.8. The fourth-order valence-corrected chi connectivity index (χ4v) is 2.91. The monoisotopic (exact) mass is 420 g/mol. The lowest BCUT2D eigenvalue weighted by Crippen LogP contribution is -2.31. The number of hydrogen-bond donors (Lipinski definition) is 3. The molecule has 0 aliphatic carbocycles. The second-order valence-electron chi connectivity index (χ2n) is 6.65. The lowest BCUT2D eigenvalue weighted by molar-refractivity contribution is -0.135. The highest BCUT2D eigenvalue weighted by Gasteiger charge is 2.28. The summed E-state index contributed by atoms with van der Waals surface area (Å²) in [5.41, 5.74) is 7.17. The van der Waals surface area contributed by atoms with E-state index in [4.69, 9.17) is 20.3 Å². The van der Waals surface area contributed by atoms with E-state index in [1.54, 1.807) is 18.1 Å². The average molecular weight is 420 g/mol. The Morgan fingerprint density at radius 1 is 1.43 bits per heavy atom. The van der Waals surface area contributed by atoms with Gasteiger partial charge in [0.1, 0.15) is 12.2 Å². The number of carboxylic acid groups (broad SMARTS) is 1. The lowest BCUT2D eigenvalue weighted by Gasteiger charge is -2.16. The van der Waals surface area contributed by atoms with E-state index in [2.05, 4.69) is 20.5 Å². The van der Waals surface area contributed by atoms with E-state index < -0.39 is 5.97 Å². The van der Waals surface area contributed by atoms with E-state index in [0.29, 0.717) is 38.2 Å². The maximum absolute atomic E-state index is 12.8. The zero-order valence-corrected chi connectivity index (χ0v) is 17.2. The number of methoxy groups -OCH3 is 2. The number of carbonyl (C=O) groups is 2. The van der Waals surface area contributed by atoms with Crippen LogP contribution in [0.5, 0.6) is 0 Å². The molecular formula is C19H28N6O5. The number of aliphatic imine (C=N–C) groups is 1. The van der Waals surface area contributed by atoms with E-state index in [1.165, 1.54) is 19.5 Å². The van der Waals surface area contributed by atoms with Gasteiger partial charge in [-0.2, -0.15) is 0 Å². The zero-order chi connectivity index (χ0) is 21.9. The van der Waals surface area contributed by atoms with Crippen LogP contribution in [-0.4, -0.2) is 84.8 Å². The molecule has 11 heteroatoms. The number of carbonyl (C=O) groups excluding carboxylic acids is 1. The summed E-state index contributed by atoms with van der Waals surface area (Å²) in [4.78, 5) is 29.2. The molecule has 1 fully saturated rings. The van der Waals surface area contributed by atoms with Gasteiger partial charge in [-0.15, -0.1) is 10.2 Å². The molecule has 0 spiro atoms. The van der Waals surface area contributed by atoms with Gasteiger partial charge in [0.2, 0.25) is 5.88 Å². The summed E-state index contributed by atoms with van der Waals surface area (Å²) in [6.45, 7) is 1.38. The minimum absolute atomic E-state index is 0.0408. The van der Waals surface area contributed by atoms with Gasteiger partial charge in [-0.25, -0.2) is 4.99 Å². The summed E-state index contributed by atoms with van der Waals surface area (Å²) >= 11 is 0. The van der Waals surface area contributed by atoms with Crippen molar-refractivity contribution >= 4 is 18.1 Å². The first-order chi connectivity index (χ1) is 14.5. The highest BCUT2D eigenvalue weighted by Crippen LogP contribution is 2.16. The molecule has 1 amide bonds. The standard InChI is InChI=1S/C19H28N6O5/c1-29-14-5-7-25(12-14)19(28)15-8-13(4-3-6-20)16(24-23-15)9-22-17(30-2)10-21-11-18(26)27/h8-10,14,21H,3-7,11-12,20H2,1-2H3,(H,26,27). The van der Waals surface area contributed by atoms with Gasteiger partial charge in [0, 0.05) is 20.2 Å². The topological polar surface area (TPSA) is 152 Å². The number of carboxylic acids is 1.